The number of benzene rings is 3. The number of fused-ring (bicyclic) bond motifs is 1. The van der Waals surface area contributed by atoms with Crippen LogP contribution in [0.5, 0.6) is 0 Å². The zero-order valence-corrected chi connectivity index (χ0v) is 18.1. The lowest BCUT2D eigenvalue weighted by atomic mass is 10.0. The molecule has 0 bridgehead atoms. The Morgan fingerprint density at radius 1 is 0.875 bits per heavy atom. The van der Waals surface area contributed by atoms with Gasteiger partial charge in [-0.25, -0.2) is 8.42 Å². The standard InChI is InChI=1S/C22H20N2.CHF3O3S/c1-16-7-11-18(12-8-16)22-23-21-6-4-3-5-19(21)15-24(22)20-13-9-17(2)10-14-20;2-1(3,4)8(5,6)7/h3-15,22H,1-2H3;(H,5,6,7). The number of para-hydroxylation sites is 1. The van der Waals surface area contributed by atoms with Crippen molar-refractivity contribution < 1.29 is 30.7 Å². The Morgan fingerprint density at radius 2 is 1.38 bits per heavy atom. The van der Waals surface area contributed by atoms with Gasteiger partial charge in [-0.05, 0) is 26.0 Å². The van der Waals surface area contributed by atoms with Gasteiger partial charge in [-0.2, -0.15) is 17.7 Å². The molecule has 9 heteroatoms. The molecule has 0 aliphatic carbocycles. The highest BCUT2D eigenvalue weighted by Crippen LogP contribution is 2.32. The Morgan fingerprint density at radius 3 is 1.91 bits per heavy atom. The molecule has 1 heterocycles. The molecule has 1 unspecified atom stereocenters. The van der Waals surface area contributed by atoms with Crippen LogP contribution in [0.1, 0.15) is 28.4 Å². The third-order valence-electron chi connectivity index (χ3n) is 4.82. The second-order valence-electron chi connectivity index (χ2n) is 7.32. The highest BCUT2D eigenvalue weighted by molar-refractivity contribution is 7.86. The molecule has 0 aromatic heterocycles. The molecule has 1 N–H and O–H groups in total. The first-order valence-corrected chi connectivity index (χ1v) is 11.0. The molecule has 0 fully saturated rings. The summed E-state index contributed by atoms with van der Waals surface area (Å²) in [5.41, 5.74) is 1.73. The van der Waals surface area contributed by atoms with E-state index in [0.717, 1.165) is 0 Å². The Balaban J connectivity index is 0.000000312. The smallest absolute Gasteiger partial charge is 0.485 e. The molecule has 1 atom stereocenters. The van der Waals surface area contributed by atoms with E-state index in [0.29, 0.717) is 0 Å². The molecular formula is C23H21F3N2O3S. The lowest BCUT2D eigenvalue weighted by Gasteiger charge is -2.23. The van der Waals surface area contributed by atoms with Gasteiger partial charge in [-0.1, -0.05) is 59.7 Å². The van der Waals surface area contributed by atoms with Crippen LogP contribution >= 0.6 is 0 Å². The third-order valence-corrected chi connectivity index (χ3v) is 5.38. The quantitative estimate of drug-likeness (QED) is 0.321. The molecule has 0 spiro atoms. The van der Waals surface area contributed by atoms with Crippen molar-refractivity contribution in [2.45, 2.75) is 25.5 Å². The van der Waals surface area contributed by atoms with E-state index < -0.39 is 15.6 Å². The van der Waals surface area contributed by atoms with E-state index in [4.69, 9.17) is 13.0 Å². The maximum absolute atomic E-state index is 10.7. The molecule has 0 saturated carbocycles. The zero-order valence-electron chi connectivity index (χ0n) is 17.3. The first-order chi connectivity index (χ1) is 15.0. The minimum atomic E-state index is -6.09. The van der Waals surface area contributed by atoms with Crippen LogP contribution in [0.25, 0.3) is 0 Å². The summed E-state index contributed by atoms with van der Waals surface area (Å²) in [7, 11) is -6.09. The average molecular weight is 462 g/mol. The van der Waals surface area contributed by atoms with Gasteiger partial charge in [-0.3, -0.25) is 0 Å². The molecular weight excluding hydrogens is 441 g/mol. The highest BCUT2D eigenvalue weighted by Gasteiger charge is 2.37. The minimum Gasteiger partial charge on any atom is -0.741 e. The van der Waals surface area contributed by atoms with Gasteiger partial charge < -0.3 is 9.87 Å². The van der Waals surface area contributed by atoms with Crippen LogP contribution in [-0.2, 0) is 10.1 Å². The van der Waals surface area contributed by atoms with Crippen LogP contribution in [0.15, 0.2) is 72.8 Å². The molecule has 1 aliphatic rings. The largest absolute Gasteiger partial charge is 0.741 e. The average Bonchev–Trinajstić information content (AvgIpc) is 2.73. The van der Waals surface area contributed by atoms with Crippen molar-refractivity contribution in [2.24, 2.45) is 0 Å². The van der Waals surface area contributed by atoms with E-state index in [2.05, 4.69) is 103 Å². The van der Waals surface area contributed by atoms with E-state index in [1.807, 2.05) is 0 Å². The van der Waals surface area contributed by atoms with Crippen molar-refractivity contribution in [1.82, 2.24) is 0 Å². The van der Waals surface area contributed by atoms with Crippen LogP contribution < -0.4 is 5.32 Å². The molecule has 0 amide bonds. The monoisotopic (exact) mass is 462 g/mol. The van der Waals surface area contributed by atoms with Gasteiger partial charge in [0.25, 0.3) is 6.17 Å². The van der Waals surface area contributed by atoms with E-state index >= 15 is 0 Å². The third kappa shape index (κ3) is 5.54. The molecule has 4 rings (SSSR count). The van der Waals surface area contributed by atoms with E-state index in [-0.39, 0.29) is 6.17 Å². The fraction of sp³-hybridized carbons (Fsp3) is 0.174. The van der Waals surface area contributed by atoms with Crippen molar-refractivity contribution in [2.75, 3.05) is 5.32 Å². The van der Waals surface area contributed by atoms with Gasteiger partial charge in [0.05, 0.1) is 11.3 Å². The highest BCUT2D eigenvalue weighted by atomic mass is 32.2. The van der Waals surface area contributed by atoms with Gasteiger partial charge in [-0.15, -0.1) is 0 Å². The fourth-order valence-corrected chi connectivity index (χ4v) is 3.12. The normalized spacial score (nSPS) is 15.6. The number of nitrogens with one attached hydrogen (secondary N) is 1. The van der Waals surface area contributed by atoms with Crippen molar-refractivity contribution >= 4 is 27.7 Å². The molecule has 5 nitrogen and oxygen atoms in total. The van der Waals surface area contributed by atoms with Crippen LogP contribution in [0.2, 0.25) is 0 Å². The summed E-state index contributed by atoms with van der Waals surface area (Å²) in [5, 5.41) is 3.69. The summed E-state index contributed by atoms with van der Waals surface area (Å²) in [6.45, 7) is 4.24. The van der Waals surface area contributed by atoms with Crippen molar-refractivity contribution in [3.05, 3.63) is 95.1 Å². The van der Waals surface area contributed by atoms with Crippen molar-refractivity contribution in [1.29, 1.82) is 0 Å². The predicted octanol–water partition coefficient (Wildman–Crippen LogP) is 5.24. The number of hydrogen-bond acceptors (Lipinski definition) is 4. The molecule has 0 radical (unpaired) electrons. The minimum absolute atomic E-state index is 0.0863. The van der Waals surface area contributed by atoms with Crippen molar-refractivity contribution in [3.63, 3.8) is 0 Å². The molecule has 32 heavy (non-hydrogen) atoms. The lowest BCUT2D eigenvalue weighted by molar-refractivity contribution is -0.479. The first kappa shape index (κ1) is 23.5. The van der Waals surface area contributed by atoms with Crippen LogP contribution in [0, 0.1) is 13.8 Å². The summed E-state index contributed by atoms with van der Waals surface area (Å²) in [4.78, 5) is 0. The van der Waals surface area contributed by atoms with Gasteiger partial charge in [0.2, 0.25) is 5.69 Å². The Bertz CT molecular complexity index is 1220. The summed E-state index contributed by atoms with van der Waals surface area (Å²) in [6.07, 6.45) is 2.32. The van der Waals surface area contributed by atoms with E-state index in [9.17, 15) is 13.2 Å². The number of rotatable bonds is 2. The second-order valence-corrected chi connectivity index (χ2v) is 8.69. The summed E-state index contributed by atoms with van der Waals surface area (Å²) in [5.74, 6) is 0. The zero-order chi connectivity index (χ0) is 23.5. The first-order valence-electron chi connectivity index (χ1n) is 9.60. The number of nitrogens with zero attached hydrogens (tertiary/aromatic N) is 1. The number of hydrogen-bond donors (Lipinski definition) is 1. The van der Waals surface area contributed by atoms with Gasteiger partial charge in [0.15, 0.2) is 16.3 Å². The fourth-order valence-electron chi connectivity index (χ4n) is 3.12. The second kappa shape index (κ2) is 9.13. The molecule has 3 aromatic carbocycles. The molecule has 168 valence electrons. The van der Waals surface area contributed by atoms with Gasteiger partial charge in [0.1, 0.15) is 0 Å². The Labute approximate surface area is 184 Å². The summed E-state index contributed by atoms with van der Waals surface area (Å²) < 4.78 is 61.2. The van der Waals surface area contributed by atoms with Gasteiger partial charge in [0, 0.05) is 17.7 Å². The van der Waals surface area contributed by atoms with Crippen LogP contribution in [-0.4, -0.2) is 29.3 Å². The number of alkyl halides is 3. The van der Waals surface area contributed by atoms with Gasteiger partial charge >= 0.3 is 5.51 Å². The summed E-state index contributed by atoms with van der Waals surface area (Å²) in [6, 6.07) is 25.9. The number of aryl methyl sites for hydroxylation is 2. The predicted molar refractivity (Wildman–Crippen MR) is 116 cm³/mol. The van der Waals surface area contributed by atoms with E-state index in [1.54, 1.807) is 0 Å². The number of halogens is 3. The Kier molecular flexibility index (Phi) is 6.71. The number of anilines is 1. The lowest BCUT2D eigenvalue weighted by Crippen LogP contribution is -2.28. The molecule has 1 aliphatic heterocycles. The van der Waals surface area contributed by atoms with Crippen LogP contribution in [0.3, 0.4) is 0 Å². The SMILES string of the molecule is Cc1ccc(C2Nc3ccccc3C=[N+]2c2ccc(C)cc2)cc1.O=S(=O)([O-])C(F)(F)F. The molecule has 0 saturated heterocycles. The Hall–Kier alpha value is -3.17. The summed E-state index contributed by atoms with van der Waals surface area (Å²) >= 11 is 0. The van der Waals surface area contributed by atoms with Crippen molar-refractivity contribution in [3.8, 4) is 0 Å². The topological polar surface area (TPSA) is 72.2 Å². The molecule has 3 aromatic rings. The maximum atomic E-state index is 10.7. The van der Waals surface area contributed by atoms with E-state index in [1.165, 1.54) is 33.6 Å². The maximum Gasteiger partial charge on any atom is 0.485 e. The van der Waals surface area contributed by atoms with Crippen LogP contribution in [0.4, 0.5) is 24.5 Å².